The summed E-state index contributed by atoms with van der Waals surface area (Å²) >= 11 is 0. The van der Waals surface area contributed by atoms with Gasteiger partial charge in [-0.25, -0.2) is 0 Å². The third-order valence-electron chi connectivity index (χ3n) is 2.75. The van der Waals surface area contributed by atoms with E-state index in [1.54, 1.807) is 7.11 Å². The fraction of sp³-hybridized carbons (Fsp3) is 0.600. The molecule has 0 radical (unpaired) electrons. The van der Waals surface area contributed by atoms with Gasteiger partial charge in [-0.1, -0.05) is 12.1 Å². The van der Waals surface area contributed by atoms with Crippen LogP contribution in [0.15, 0.2) is 24.3 Å². The molecular weight excluding hydrogens is 242 g/mol. The van der Waals surface area contributed by atoms with Gasteiger partial charge in [0.05, 0.1) is 25.9 Å². The molecule has 0 amide bonds. The van der Waals surface area contributed by atoms with Crippen LogP contribution in [-0.2, 0) is 11.2 Å². The summed E-state index contributed by atoms with van der Waals surface area (Å²) in [4.78, 5) is 0. The molecule has 1 rings (SSSR count). The molecule has 0 aliphatic rings. The van der Waals surface area contributed by atoms with Gasteiger partial charge < -0.3 is 19.9 Å². The summed E-state index contributed by atoms with van der Waals surface area (Å²) in [6.07, 6.45) is 0.647. The van der Waals surface area contributed by atoms with Gasteiger partial charge in [0.2, 0.25) is 0 Å². The molecule has 0 fully saturated rings. The maximum atomic E-state index is 9.66. The predicted octanol–water partition coefficient (Wildman–Crippen LogP) is 1.61. The number of aliphatic hydroxyl groups excluding tert-OH is 1. The van der Waals surface area contributed by atoms with E-state index in [0.29, 0.717) is 13.2 Å². The first-order valence-corrected chi connectivity index (χ1v) is 6.75. The molecule has 2 N–H and O–H groups in total. The molecule has 0 aliphatic carbocycles. The molecule has 4 nitrogen and oxygen atoms in total. The second-order valence-electron chi connectivity index (χ2n) is 4.84. The first-order valence-electron chi connectivity index (χ1n) is 6.75. The minimum absolute atomic E-state index is 0.161. The first-order chi connectivity index (χ1) is 9.11. The summed E-state index contributed by atoms with van der Waals surface area (Å²) in [6.45, 7) is 5.70. The minimum Gasteiger partial charge on any atom is -0.497 e. The van der Waals surface area contributed by atoms with Crippen LogP contribution >= 0.6 is 0 Å². The van der Waals surface area contributed by atoms with Gasteiger partial charge in [-0.05, 0) is 44.5 Å². The number of hydrogen-bond donors (Lipinski definition) is 2. The zero-order valence-corrected chi connectivity index (χ0v) is 12.1. The highest BCUT2D eigenvalue weighted by atomic mass is 16.5. The maximum Gasteiger partial charge on any atom is 0.118 e. The van der Waals surface area contributed by atoms with Gasteiger partial charge in [0.1, 0.15) is 5.75 Å². The number of ether oxygens (including phenoxy) is 2. The Morgan fingerprint density at radius 2 is 1.89 bits per heavy atom. The van der Waals surface area contributed by atoms with E-state index >= 15 is 0 Å². The highest BCUT2D eigenvalue weighted by Crippen LogP contribution is 2.11. The Labute approximate surface area is 115 Å². The monoisotopic (exact) mass is 267 g/mol. The molecule has 108 valence electrons. The van der Waals surface area contributed by atoms with Crippen molar-refractivity contribution in [1.82, 2.24) is 5.32 Å². The van der Waals surface area contributed by atoms with E-state index in [9.17, 15) is 5.11 Å². The Morgan fingerprint density at radius 1 is 1.21 bits per heavy atom. The Hall–Kier alpha value is -1.10. The van der Waals surface area contributed by atoms with Gasteiger partial charge in [-0.15, -0.1) is 0 Å². The second-order valence-corrected chi connectivity index (χ2v) is 4.84. The third-order valence-corrected chi connectivity index (χ3v) is 2.75. The quantitative estimate of drug-likeness (QED) is 0.668. The lowest BCUT2D eigenvalue weighted by Crippen LogP contribution is -2.32. The summed E-state index contributed by atoms with van der Waals surface area (Å²) in [7, 11) is 1.66. The molecular formula is C15H25NO3. The first kappa shape index (κ1) is 16.0. The van der Waals surface area contributed by atoms with Gasteiger partial charge in [0.25, 0.3) is 0 Å². The van der Waals surface area contributed by atoms with Crippen LogP contribution in [0.5, 0.6) is 5.75 Å². The molecule has 19 heavy (non-hydrogen) atoms. The number of methoxy groups -OCH3 is 1. The van der Waals surface area contributed by atoms with Crippen molar-refractivity contribution in [3.05, 3.63) is 29.8 Å². The standard InChI is InChI=1S/C15H25NO3/c1-12(2)19-11-14(17)10-16-9-8-13-4-6-15(18-3)7-5-13/h4-7,12,14,16-17H,8-11H2,1-3H3. The second kappa shape index (κ2) is 8.91. The number of hydrogen-bond acceptors (Lipinski definition) is 4. The molecule has 0 aliphatic heterocycles. The van der Waals surface area contributed by atoms with E-state index < -0.39 is 6.10 Å². The molecule has 0 bridgehead atoms. The zero-order valence-electron chi connectivity index (χ0n) is 12.1. The molecule has 1 atom stereocenters. The molecule has 1 unspecified atom stereocenters. The van der Waals surface area contributed by atoms with Crippen molar-refractivity contribution in [2.75, 3.05) is 26.8 Å². The molecule has 4 heteroatoms. The van der Waals surface area contributed by atoms with Gasteiger partial charge in [0.15, 0.2) is 0 Å². The van der Waals surface area contributed by atoms with Crippen molar-refractivity contribution >= 4 is 0 Å². The number of benzene rings is 1. The van der Waals surface area contributed by atoms with E-state index in [1.165, 1.54) is 5.56 Å². The van der Waals surface area contributed by atoms with Crippen LogP contribution < -0.4 is 10.1 Å². The highest BCUT2D eigenvalue weighted by Gasteiger charge is 2.04. The van der Waals surface area contributed by atoms with Crippen LogP contribution in [0, 0.1) is 0 Å². The normalized spacial score (nSPS) is 12.7. The molecule has 0 saturated carbocycles. The van der Waals surface area contributed by atoms with E-state index in [-0.39, 0.29) is 6.10 Å². The number of aliphatic hydroxyl groups is 1. The van der Waals surface area contributed by atoms with Crippen LogP contribution in [0.1, 0.15) is 19.4 Å². The summed E-state index contributed by atoms with van der Waals surface area (Å²) in [5, 5.41) is 12.9. The summed E-state index contributed by atoms with van der Waals surface area (Å²) in [6, 6.07) is 8.03. The third kappa shape index (κ3) is 7.15. The lowest BCUT2D eigenvalue weighted by Gasteiger charge is -2.14. The van der Waals surface area contributed by atoms with Crippen LogP contribution in [0.2, 0.25) is 0 Å². The van der Waals surface area contributed by atoms with E-state index in [1.807, 2.05) is 26.0 Å². The molecule has 1 aromatic carbocycles. The van der Waals surface area contributed by atoms with Gasteiger partial charge >= 0.3 is 0 Å². The summed E-state index contributed by atoms with van der Waals surface area (Å²) in [5.74, 6) is 0.873. The van der Waals surface area contributed by atoms with E-state index in [2.05, 4.69) is 17.4 Å². The van der Waals surface area contributed by atoms with Crippen LogP contribution in [0.25, 0.3) is 0 Å². The van der Waals surface area contributed by atoms with Crippen molar-refractivity contribution < 1.29 is 14.6 Å². The average Bonchev–Trinajstić information content (AvgIpc) is 2.42. The number of nitrogens with one attached hydrogen (secondary N) is 1. The highest BCUT2D eigenvalue weighted by molar-refractivity contribution is 5.27. The average molecular weight is 267 g/mol. The Balaban J connectivity index is 2.12. The maximum absolute atomic E-state index is 9.66. The molecule has 1 aromatic rings. The van der Waals surface area contributed by atoms with Crippen LogP contribution in [0.4, 0.5) is 0 Å². The SMILES string of the molecule is COc1ccc(CCNCC(O)COC(C)C)cc1. The summed E-state index contributed by atoms with van der Waals surface area (Å²) < 4.78 is 10.5. The van der Waals surface area contributed by atoms with Gasteiger partial charge in [-0.2, -0.15) is 0 Å². The Kier molecular flexibility index (Phi) is 7.48. The molecule has 0 spiro atoms. The Bertz CT molecular complexity index is 338. The fourth-order valence-electron chi connectivity index (χ4n) is 1.66. The van der Waals surface area contributed by atoms with Crippen molar-refractivity contribution in [3.8, 4) is 5.75 Å². The van der Waals surface area contributed by atoms with E-state index in [0.717, 1.165) is 18.7 Å². The minimum atomic E-state index is -0.446. The lowest BCUT2D eigenvalue weighted by atomic mass is 10.1. The zero-order chi connectivity index (χ0) is 14.1. The largest absolute Gasteiger partial charge is 0.497 e. The lowest BCUT2D eigenvalue weighted by molar-refractivity contribution is 0.00652. The van der Waals surface area contributed by atoms with Gasteiger partial charge in [0, 0.05) is 6.54 Å². The van der Waals surface area contributed by atoms with Crippen LogP contribution in [-0.4, -0.2) is 44.1 Å². The number of rotatable bonds is 9. The van der Waals surface area contributed by atoms with Crippen molar-refractivity contribution in [2.45, 2.75) is 32.5 Å². The summed E-state index contributed by atoms with van der Waals surface area (Å²) in [5.41, 5.74) is 1.25. The predicted molar refractivity (Wildman–Crippen MR) is 76.7 cm³/mol. The fourth-order valence-corrected chi connectivity index (χ4v) is 1.66. The van der Waals surface area contributed by atoms with Gasteiger partial charge in [-0.3, -0.25) is 0 Å². The van der Waals surface area contributed by atoms with Crippen molar-refractivity contribution in [2.24, 2.45) is 0 Å². The van der Waals surface area contributed by atoms with Crippen molar-refractivity contribution in [3.63, 3.8) is 0 Å². The topological polar surface area (TPSA) is 50.7 Å². The molecule has 0 saturated heterocycles. The molecule has 0 heterocycles. The molecule has 0 aromatic heterocycles. The Morgan fingerprint density at radius 3 is 2.47 bits per heavy atom. The van der Waals surface area contributed by atoms with Crippen molar-refractivity contribution in [1.29, 1.82) is 0 Å². The smallest absolute Gasteiger partial charge is 0.118 e. The van der Waals surface area contributed by atoms with E-state index in [4.69, 9.17) is 9.47 Å². The van der Waals surface area contributed by atoms with Crippen LogP contribution in [0.3, 0.4) is 0 Å².